The third-order valence-electron chi connectivity index (χ3n) is 5.36. The molecule has 0 atom stereocenters. The number of pyridine rings is 1. The molecular formula is C26H26N2O3. The van der Waals surface area contributed by atoms with Crippen molar-refractivity contribution >= 4 is 5.78 Å². The predicted molar refractivity (Wildman–Crippen MR) is 121 cm³/mol. The average Bonchev–Trinajstić information content (AvgIpc) is 2.76. The monoisotopic (exact) mass is 414 g/mol. The van der Waals surface area contributed by atoms with Crippen LogP contribution in [0.25, 0.3) is 11.1 Å². The van der Waals surface area contributed by atoms with E-state index in [1.807, 2.05) is 43.3 Å². The largest absolute Gasteiger partial charge is 0.396 e. The summed E-state index contributed by atoms with van der Waals surface area (Å²) in [5.74, 6) is -0.303. The molecule has 0 amide bonds. The highest BCUT2D eigenvalue weighted by molar-refractivity contribution is 5.98. The van der Waals surface area contributed by atoms with Crippen LogP contribution in [0.5, 0.6) is 0 Å². The van der Waals surface area contributed by atoms with E-state index in [9.17, 15) is 14.9 Å². The second-order valence-electron chi connectivity index (χ2n) is 7.78. The van der Waals surface area contributed by atoms with E-state index in [1.165, 1.54) is 4.57 Å². The summed E-state index contributed by atoms with van der Waals surface area (Å²) in [5, 5.41) is 18.8. The Balaban J connectivity index is 1.95. The van der Waals surface area contributed by atoms with Crippen molar-refractivity contribution in [3.8, 4) is 17.2 Å². The molecule has 1 aromatic heterocycles. The van der Waals surface area contributed by atoms with Crippen molar-refractivity contribution in [3.05, 3.63) is 92.9 Å². The van der Waals surface area contributed by atoms with Crippen LogP contribution in [0.4, 0.5) is 0 Å². The molecule has 158 valence electrons. The zero-order valence-electron chi connectivity index (χ0n) is 17.9. The van der Waals surface area contributed by atoms with E-state index in [2.05, 4.69) is 6.07 Å². The van der Waals surface area contributed by atoms with Gasteiger partial charge < -0.3 is 9.67 Å². The Kier molecular flexibility index (Phi) is 7.17. The fourth-order valence-electron chi connectivity index (χ4n) is 3.76. The number of nitriles is 1. The van der Waals surface area contributed by atoms with Gasteiger partial charge in [-0.1, -0.05) is 48.0 Å². The van der Waals surface area contributed by atoms with Crippen LogP contribution in [0.3, 0.4) is 0 Å². The molecule has 0 aliphatic carbocycles. The fraction of sp³-hybridized carbons (Fsp3) is 0.269. The van der Waals surface area contributed by atoms with E-state index < -0.39 is 0 Å². The van der Waals surface area contributed by atoms with Gasteiger partial charge in [0.1, 0.15) is 6.07 Å². The number of aryl methyl sites for hydroxylation is 3. The molecule has 0 spiro atoms. The van der Waals surface area contributed by atoms with E-state index >= 15 is 0 Å². The number of ketones is 1. The van der Waals surface area contributed by atoms with Gasteiger partial charge in [0.25, 0.3) is 5.56 Å². The molecule has 5 nitrogen and oxygen atoms in total. The van der Waals surface area contributed by atoms with Crippen LogP contribution in [0.2, 0.25) is 0 Å². The lowest BCUT2D eigenvalue weighted by atomic mass is 9.92. The summed E-state index contributed by atoms with van der Waals surface area (Å²) in [5.41, 5.74) is 4.53. The van der Waals surface area contributed by atoms with E-state index in [4.69, 9.17) is 5.11 Å². The number of benzene rings is 2. The standard InChI is InChI=1S/C26H26N2O3/c1-18-7-5-9-20(13-18)22-11-6-10-21(24(22)16-27)15-25(30)23-14-19(8-3-4-12-29)17-28(2)26(23)31/h5-7,9-11,13-14,17,29H,3-4,8,12,15H2,1-2H3. The molecule has 0 aliphatic heterocycles. The Labute approximate surface area is 182 Å². The molecule has 2 aromatic carbocycles. The lowest BCUT2D eigenvalue weighted by Crippen LogP contribution is -2.25. The van der Waals surface area contributed by atoms with Gasteiger partial charge in [-0.15, -0.1) is 0 Å². The minimum absolute atomic E-state index is 0.0160. The van der Waals surface area contributed by atoms with Gasteiger partial charge in [-0.3, -0.25) is 9.59 Å². The van der Waals surface area contributed by atoms with Crippen LogP contribution in [0, 0.1) is 18.3 Å². The van der Waals surface area contributed by atoms with Crippen LogP contribution in [-0.2, 0) is 19.9 Å². The first-order valence-electron chi connectivity index (χ1n) is 10.4. The summed E-state index contributed by atoms with van der Waals surface area (Å²) in [6.45, 7) is 2.11. The minimum atomic E-state index is -0.343. The van der Waals surface area contributed by atoms with Crippen molar-refractivity contribution in [3.63, 3.8) is 0 Å². The molecule has 1 heterocycles. The maximum Gasteiger partial charge on any atom is 0.261 e. The first kappa shape index (κ1) is 22.2. The normalized spacial score (nSPS) is 10.6. The van der Waals surface area contributed by atoms with Crippen LogP contribution < -0.4 is 5.56 Å². The molecule has 0 unspecified atom stereocenters. The molecule has 31 heavy (non-hydrogen) atoms. The summed E-state index contributed by atoms with van der Waals surface area (Å²) in [6.07, 6.45) is 3.84. The number of carbonyl (C=O) groups excluding carboxylic acids is 1. The predicted octanol–water partition coefficient (Wildman–Crippen LogP) is 3.97. The molecule has 3 rings (SSSR count). The second-order valence-corrected chi connectivity index (χ2v) is 7.78. The molecule has 1 N–H and O–H groups in total. The molecule has 5 heteroatoms. The van der Waals surface area contributed by atoms with E-state index in [1.54, 1.807) is 25.4 Å². The minimum Gasteiger partial charge on any atom is -0.396 e. The lowest BCUT2D eigenvalue weighted by Gasteiger charge is -2.11. The lowest BCUT2D eigenvalue weighted by molar-refractivity contribution is 0.0991. The molecule has 3 aromatic rings. The highest BCUT2D eigenvalue weighted by Crippen LogP contribution is 2.27. The van der Waals surface area contributed by atoms with Crippen LogP contribution in [0.15, 0.2) is 59.5 Å². The number of unbranched alkanes of at least 4 members (excludes halogenated alkanes) is 1. The molecule has 0 saturated heterocycles. The highest BCUT2D eigenvalue weighted by atomic mass is 16.3. The summed E-state index contributed by atoms with van der Waals surface area (Å²) in [6, 6.07) is 17.3. The van der Waals surface area contributed by atoms with E-state index in [0.29, 0.717) is 24.0 Å². The van der Waals surface area contributed by atoms with Gasteiger partial charge in [-0.2, -0.15) is 5.26 Å². The molecule has 0 saturated carbocycles. The SMILES string of the molecule is Cc1cccc(-c2cccc(CC(=O)c3cc(CCCCO)cn(C)c3=O)c2C#N)c1. The molecular weight excluding hydrogens is 388 g/mol. The van der Waals surface area contributed by atoms with Crippen molar-refractivity contribution < 1.29 is 9.90 Å². The fourth-order valence-corrected chi connectivity index (χ4v) is 3.76. The van der Waals surface area contributed by atoms with Gasteiger partial charge in [0.2, 0.25) is 0 Å². The maximum atomic E-state index is 13.1. The van der Waals surface area contributed by atoms with Crippen molar-refractivity contribution in [1.29, 1.82) is 5.26 Å². The second kappa shape index (κ2) is 10.0. The summed E-state index contributed by atoms with van der Waals surface area (Å²) in [7, 11) is 1.63. The number of aliphatic hydroxyl groups is 1. The van der Waals surface area contributed by atoms with Crippen molar-refractivity contribution in [2.24, 2.45) is 7.05 Å². The number of carbonyl (C=O) groups is 1. The number of Topliss-reactive ketones (excluding diaryl/α,β-unsaturated/α-hetero) is 1. The Morgan fingerprint density at radius 1 is 1.13 bits per heavy atom. The van der Waals surface area contributed by atoms with Crippen molar-refractivity contribution in [2.75, 3.05) is 6.61 Å². The van der Waals surface area contributed by atoms with Gasteiger partial charge in [0.05, 0.1) is 11.1 Å². The van der Waals surface area contributed by atoms with Gasteiger partial charge in [0.15, 0.2) is 5.78 Å². The first-order valence-corrected chi connectivity index (χ1v) is 10.4. The van der Waals surface area contributed by atoms with Crippen LogP contribution in [0.1, 0.15) is 45.5 Å². The number of aliphatic hydroxyl groups excluding tert-OH is 1. The van der Waals surface area contributed by atoms with E-state index in [0.717, 1.165) is 28.7 Å². The number of aromatic nitrogens is 1. The maximum absolute atomic E-state index is 13.1. The summed E-state index contributed by atoms with van der Waals surface area (Å²) in [4.78, 5) is 25.7. The number of rotatable bonds is 8. The zero-order chi connectivity index (χ0) is 22.4. The highest BCUT2D eigenvalue weighted by Gasteiger charge is 2.18. The number of hydrogen-bond acceptors (Lipinski definition) is 4. The topological polar surface area (TPSA) is 83.1 Å². The Morgan fingerprint density at radius 3 is 2.61 bits per heavy atom. The molecule has 0 bridgehead atoms. The Bertz CT molecular complexity index is 1200. The summed E-state index contributed by atoms with van der Waals surface area (Å²) >= 11 is 0. The molecule has 0 fully saturated rings. The van der Waals surface area contributed by atoms with E-state index in [-0.39, 0.29) is 29.9 Å². The number of nitrogens with zero attached hydrogens (tertiary/aromatic N) is 2. The zero-order valence-corrected chi connectivity index (χ0v) is 17.9. The van der Waals surface area contributed by atoms with Crippen molar-refractivity contribution in [2.45, 2.75) is 32.6 Å². The van der Waals surface area contributed by atoms with Gasteiger partial charge in [-0.05, 0) is 54.5 Å². The van der Waals surface area contributed by atoms with Gasteiger partial charge in [0, 0.05) is 26.3 Å². The average molecular weight is 415 g/mol. The quantitative estimate of drug-likeness (QED) is 0.447. The Morgan fingerprint density at radius 2 is 1.90 bits per heavy atom. The van der Waals surface area contributed by atoms with Gasteiger partial charge >= 0.3 is 0 Å². The number of hydrogen-bond donors (Lipinski definition) is 1. The first-order chi connectivity index (χ1) is 14.9. The molecule has 0 aliphatic rings. The van der Waals surface area contributed by atoms with Crippen molar-refractivity contribution in [1.82, 2.24) is 4.57 Å². The van der Waals surface area contributed by atoms with Gasteiger partial charge in [-0.25, -0.2) is 0 Å². The molecule has 0 radical (unpaired) electrons. The van der Waals surface area contributed by atoms with Crippen LogP contribution in [-0.4, -0.2) is 22.1 Å². The third kappa shape index (κ3) is 5.17. The van der Waals surface area contributed by atoms with Crippen LogP contribution >= 0.6 is 0 Å². The Hall–Kier alpha value is -3.49. The summed E-state index contributed by atoms with van der Waals surface area (Å²) < 4.78 is 1.43. The smallest absolute Gasteiger partial charge is 0.261 e. The third-order valence-corrected chi connectivity index (χ3v) is 5.36.